The maximum absolute atomic E-state index is 5.99. The average molecular weight is 357 g/mol. The summed E-state index contributed by atoms with van der Waals surface area (Å²) in [5, 5.41) is 0.311. The van der Waals surface area contributed by atoms with Crippen LogP contribution < -0.4 is 0 Å². The topological polar surface area (TPSA) is 0 Å². The number of rotatable bonds is 8. The summed E-state index contributed by atoms with van der Waals surface area (Å²) < 4.78 is 0.365. The van der Waals surface area contributed by atoms with Gasteiger partial charge in [0.25, 0.3) is 0 Å². The quantitative estimate of drug-likeness (QED) is 0.327. The van der Waals surface area contributed by atoms with Crippen LogP contribution in [-0.2, 0) is 0 Å². The lowest BCUT2D eigenvalue weighted by molar-refractivity contribution is 0.659. The summed E-state index contributed by atoms with van der Waals surface area (Å²) in [6.07, 6.45) is 6.11. The van der Waals surface area contributed by atoms with E-state index in [9.17, 15) is 0 Å². The molecule has 0 bridgehead atoms. The molecule has 0 unspecified atom stereocenters. The lowest BCUT2D eigenvalue weighted by Gasteiger charge is -2.03. The zero-order valence-corrected chi connectivity index (χ0v) is 14.1. The first kappa shape index (κ1) is 18.3. The molecule has 0 aliphatic rings. The van der Waals surface area contributed by atoms with Crippen molar-refractivity contribution in [2.24, 2.45) is 0 Å². The number of thioether (sulfide) groups is 1. The fourth-order valence-electron chi connectivity index (χ4n) is 1.10. The molecule has 0 heterocycles. The van der Waals surface area contributed by atoms with Crippen LogP contribution in [0.5, 0.6) is 0 Å². The van der Waals surface area contributed by atoms with E-state index in [0.29, 0.717) is 4.36 Å². The molecule has 0 aromatic carbocycles. The Morgan fingerprint density at radius 1 is 0.824 bits per heavy atom. The molecule has 0 N–H and O–H groups in total. The number of hydrogen-bond acceptors (Lipinski definition) is 1. The molecule has 0 aromatic rings. The van der Waals surface area contributed by atoms with Crippen molar-refractivity contribution >= 4 is 69.8 Å². The molecule has 0 fully saturated rings. The molecule has 6 heteroatoms. The van der Waals surface area contributed by atoms with Crippen molar-refractivity contribution in [3.05, 3.63) is 18.9 Å². The van der Waals surface area contributed by atoms with Crippen LogP contribution in [0.3, 0.4) is 0 Å². The Bertz CT molecular complexity index is 282. The molecule has 0 atom stereocenters. The molecule has 17 heavy (non-hydrogen) atoms. The Morgan fingerprint density at radius 2 is 1.41 bits per heavy atom. The molecular formula is C11H15Cl5S. The Morgan fingerprint density at radius 3 is 1.94 bits per heavy atom. The van der Waals surface area contributed by atoms with Crippen LogP contribution in [0.25, 0.3) is 0 Å². The third-order valence-corrected chi connectivity index (χ3v) is 5.11. The predicted octanol–water partition coefficient (Wildman–Crippen LogP) is 7.22. The zero-order valence-electron chi connectivity index (χ0n) is 9.54. The normalized spacial score (nSPS) is 12.4. The zero-order chi connectivity index (χ0) is 13.3. The Balaban J connectivity index is 3.96. The van der Waals surface area contributed by atoms with E-state index >= 15 is 0 Å². The Kier molecular flexibility index (Phi) is 12.0. The highest BCUT2D eigenvalue weighted by Crippen LogP contribution is 2.36. The number of unbranched alkanes of at least 4 members (excludes halogenated alkanes) is 4. The van der Waals surface area contributed by atoms with Gasteiger partial charge in [0, 0.05) is 0 Å². The summed E-state index contributed by atoms with van der Waals surface area (Å²) in [6, 6.07) is 0. The van der Waals surface area contributed by atoms with Gasteiger partial charge < -0.3 is 0 Å². The van der Waals surface area contributed by atoms with Crippen LogP contribution in [0.15, 0.2) is 18.9 Å². The monoisotopic (exact) mass is 354 g/mol. The van der Waals surface area contributed by atoms with Crippen molar-refractivity contribution in [1.82, 2.24) is 0 Å². The minimum Gasteiger partial charge on any atom is -0.112 e. The lowest BCUT2D eigenvalue weighted by Crippen LogP contribution is -1.83. The molecule has 0 nitrogen and oxygen atoms in total. The molecule has 0 rings (SSSR count). The molecule has 0 saturated heterocycles. The Labute approximate surface area is 133 Å². The van der Waals surface area contributed by atoms with Crippen LogP contribution in [0.2, 0.25) is 0 Å². The summed E-state index contributed by atoms with van der Waals surface area (Å²) in [6.45, 7) is 2.19. The summed E-state index contributed by atoms with van der Waals surface area (Å²) in [4.78, 5) is 0. The van der Waals surface area contributed by atoms with E-state index in [1.54, 1.807) is 0 Å². The van der Waals surface area contributed by atoms with E-state index in [1.807, 2.05) is 0 Å². The second-order valence-corrected chi connectivity index (χ2v) is 6.84. The van der Waals surface area contributed by atoms with E-state index in [-0.39, 0.29) is 14.6 Å². The highest BCUT2D eigenvalue weighted by Gasteiger charge is 2.09. The van der Waals surface area contributed by atoms with Crippen LogP contribution in [0.1, 0.15) is 39.0 Å². The molecular weight excluding hydrogens is 341 g/mol. The maximum Gasteiger partial charge on any atom is 0.127 e. The molecule has 0 spiro atoms. The maximum atomic E-state index is 5.99. The first-order valence-corrected chi connectivity index (χ1v) is 8.27. The number of allylic oxidation sites excluding steroid dienone is 2. The third-order valence-electron chi connectivity index (χ3n) is 2.01. The van der Waals surface area contributed by atoms with Crippen molar-refractivity contribution in [1.29, 1.82) is 0 Å². The fraction of sp³-hybridized carbons (Fsp3) is 0.636. The molecule has 0 radical (unpaired) electrons. The second kappa shape index (κ2) is 11.1. The number of halogens is 5. The smallest absolute Gasteiger partial charge is 0.112 e. The Hall–Kier alpha value is 1.28. The summed E-state index contributed by atoms with van der Waals surface area (Å²) in [5.74, 6) is 0.919. The fourth-order valence-corrected chi connectivity index (χ4v) is 2.93. The van der Waals surface area contributed by atoms with Crippen molar-refractivity contribution in [3.8, 4) is 0 Å². The standard InChI is InChI=1S/C11H15Cl5S/c1-2-3-4-5-6-7-17-11(16)9(13)8(12)10(14)15/h2-7H2,1H3/b11-9+. The van der Waals surface area contributed by atoms with Crippen LogP contribution in [0.4, 0.5) is 0 Å². The van der Waals surface area contributed by atoms with Gasteiger partial charge in [-0.05, 0) is 12.2 Å². The van der Waals surface area contributed by atoms with Crippen molar-refractivity contribution < 1.29 is 0 Å². The van der Waals surface area contributed by atoms with Crippen molar-refractivity contribution in [2.45, 2.75) is 39.0 Å². The van der Waals surface area contributed by atoms with Crippen molar-refractivity contribution in [2.75, 3.05) is 5.75 Å². The van der Waals surface area contributed by atoms with E-state index in [0.717, 1.165) is 12.2 Å². The highest BCUT2D eigenvalue weighted by atomic mass is 35.5. The number of hydrogen-bond donors (Lipinski definition) is 0. The first-order chi connectivity index (χ1) is 8.00. The van der Waals surface area contributed by atoms with Crippen LogP contribution in [0, 0.1) is 0 Å². The molecule has 0 saturated carbocycles. The minimum absolute atomic E-state index is 0.0710. The van der Waals surface area contributed by atoms with Crippen molar-refractivity contribution in [3.63, 3.8) is 0 Å². The van der Waals surface area contributed by atoms with Gasteiger partial charge in [-0.25, -0.2) is 0 Å². The van der Waals surface area contributed by atoms with Gasteiger partial charge in [0.05, 0.1) is 14.4 Å². The molecule has 0 aromatic heterocycles. The van der Waals surface area contributed by atoms with Gasteiger partial charge in [-0.1, -0.05) is 90.6 Å². The van der Waals surface area contributed by atoms with Gasteiger partial charge in [-0.2, -0.15) is 0 Å². The van der Waals surface area contributed by atoms with Crippen LogP contribution >= 0.6 is 69.8 Å². The van der Waals surface area contributed by atoms with E-state index in [2.05, 4.69) is 6.92 Å². The molecule has 0 amide bonds. The molecule has 0 aliphatic carbocycles. The van der Waals surface area contributed by atoms with Gasteiger partial charge in [0.2, 0.25) is 0 Å². The van der Waals surface area contributed by atoms with Gasteiger partial charge in [0.15, 0.2) is 0 Å². The second-order valence-electron chi connectivity index (χ2n) is 3.42. The first-order valence-electron chi connectivity index (χ1n) is 5.39. The van der Waals surface area contributed by atoms with Gasteiger partial charge in [-0.3, -0.25) is 0 Å². The van der Waals surface area contributed by atoms with E-state index < -0.39 is 0 Å². The van der Waals surface area contributed by atoms with Gasteiger partial charge in [0.1, 0.15) is 4.49 Å². The minimum atomic E-state index is -0.0710. The van der Waals surface area contributed by atoms with Gasteiger partial charge in [-0.15, -0.1) is 11.8 Å². The van der Waals surface area contributed by atoms with E-state index in [4.69, 9.17) is 58.0 Å². The SMILES string of the molecule is CCCCCCCS/C(Cl)=C(/Cl)C(Cl)=C(Cl)Cl. The summed E-state index contributed by atoms with van der Waals surface area (Å²) in [5.41, 5.74) is 0. The largest absolute Gasteiger partial charge is 0.127 e. The molecule has 100 valence electrons. The third kappa shape index (κ3) is 8.91. The van der Waals surface area contributed by atoms with Gasteiger partial charge >= 0.3 is 0 Å². The van der Waals surface area contributed by atoms with Crippen LogP contribution in [-0.4, -0.2) is 5.75 Å². The highest BCUT2D eigenvalue weighted by molar-refractivity contribution is 8.04. The average Bonchev–Trinajstić information content (AvgIpc) is 2.31. The molecule has 0 aliphatic heterocycles. The summed E-state index contributed by atoms with van der Waals surface area (Å²) >= 11 is 30.2. The van der Waals surface area contributed by atoms with E-state index in [1.165, 1.54) is 37.4 Å². The lowest BCUT2D eigenvalue weighted by atomic mass is 10.2. The summed E-state index contributed by atoms with van der Waals surface area (Å²) in [7, 11) is 0. The predicted molar refractivity (Wildman–Crippen MR) is 84.5 cm³/mol.